The van der Waals surface area contributed by atoms with Crippen molar-refractivity contribution in [2.24, 2.45) is 11.1 Å². The summed E-state index contributed by atoms with van der Waals surface area (Å²) < 4.78 is 0. The van der Waals surface area contributed by atoms with Crippen molar-refractivity contribution in [2.75, 3.05) is 13.1 Å². The molecule has 0 radical (unpaired) electrons. The fourth-order valence-corrected chi connectivity index (χ4v) is 5.41. The van der Waals surface area contributed by atoms with Gasteiger partial charge in [0.1, 0.15) is 0 Å². The summed E-state index contributed by atoms with van der Waals surface area (Å²) in [4.78, 5) is 29.1. The van der Waals surface area contributed by atoms with E-state index in [9.17, 15) is 9.59 Å². The third-order valence-electron chi connectivity index (χ3n) is 6.41. The molecule has 0 unspecified atom stereocenters. The lowest BCUT2D eigenvalue weighted by Gasteiger charge is -2.42. The molecular weight excluding hydrogens is 404 g/mol. The monoisotopic (exact) mass is 432 g/mol. The summed E-state index contributed by atoms with van der Waals surface area (Å²) in [5.41, 5.74) is 8.48. The van der Waals surface area contributed by atoms with E-state index in [1.807, 2.05) is 60.4 Å². The fourth-order valence-electron chi connectivity index (χ4n) is 4.62. The van der Waals surface area contributed by atoms with Crippen LogP contribution >= 0.6 is 11.3 Å². The number of carbonyl (C=O) groups is 2. The minimum absolute atomic E-state index is 0.0584. The van der Waals surface area contributed by atoms with Crippen molar-refractivity contribution < 1.29 is 9.59 Å². The van der Waals surface area contributed by atoms with E-state index < -0.39 is 5.41 Å². The molecule has 1 fully saturated rings. The highest BCUT2D eigenvalue weighted by molar-refractivity contribution is 7.13. The molecule has 0 saturated carbocycles. The van der Waals surface area contributed by atoms with Crippen LogP contribution in [0.15, 0.2) is 72.1 Å². The molecule has 1 aliphatic heterocycles. The highest BCUT2D eigenvalue weighted by atomic mass is 32.1. The number of amides is 2. The Balaban J connectivity index is 1.60. The van der Waals surface area contributed by atoms with Gasteiger partial charge in [-0.2, -0.15) is 0 Å². The Morgan fingerprint density at radius 3 is 2.52 bits per heavy atom. The van der Waals surface area contributed by atoms with Crippen molar-refractivity contribution in [1.82, 2.24) is 4.90 Å². The van der Waals surface area contributed by atoms with E-state index in [0.29, 0.717) is 25.9 Å². The van der Waals surface area contributed by atoms with E-state index in [2.05, 4.69) is 23.6 Å². The van der Waals surface area contributed by atoms with Gasteiger partial charge in [-0.05, 0) is 54.3 Å². The number of likely N-dealkylation sites (tertiary alicyclic amines) is 1. The minimum atomic E-state index is -0.752. The van der Waals surface area contributed by atoms with Gasteiger partial charge < -0.3 is 10.6 Å². The van der Waals surface area contributed by atoms with Gasteiger partial charge in [0.05, 0.1) is 11.3 Å². The second-order valence-corrected chi connectivity index (χ2v) is 9.40. The first-order valence-corrected chi connectivity index (χ1v) is 11.6. The fraction of sp³-hybridized carbons (Fsp3) is 0.308. The Bertz CT molecular complexity index is 1050. The maximum Gasteiger partial charge on any atom is 0.229 e. The summed E-state index contributed by atoms with van der Waals surface area (Å²) >= 11 is 1.69. The number of carbonyl (C=O) groups excluding carboxylic acids is 2. The maximum atomic E-state index is 13.3. The molecule has 3 aromatic rings. The van der Waals surface area contributed by atoms with Crippen LogP contribution < -0.4 is 5.73 Å². The lowest BCUT2D eigenvalue weighted by atomic mass is 9.73. The number of nitrogens with two attached hydrogens (primary N) is 1. The molecule has 0 spiro atoms. The Kier molecular flexibility index (Phi) is 6.23. The predicted molar refractivity (Wildman–Crippen MR) is 126 cm³/mol. The number of piperidine rings is 1. The van der Waals surface area contributed by atoms with Crippen molar-refractivity contribution in [3.8, 4) is 10.4 Å². The first-order chi connectivity index (χ1) is 15.0. The number of nitrogens with zero attached hydrogens (tertiary/aromatic N) is 1. The molecule has 4 rings (SSSR count). The summed E-state index contributed by atoms with van der Waals surface area (Å²) in [6, 6.07) is 22.1. The molecule has 160 valence electrons. The summed E-state index contributed by atoms with van der Waals surface area (Å²) in [6.07, 6.45) is 2.02. The van der Waals surface area contributed by atoms with Crippen molar-refractivity contribution in [3.63, 3.8) is 0 Å². The number of hydrogen-bond acceptors (Lipinski definition) is 3. The predicted octanol–water partition coefficient (Wildman–Crippen LogP) is 4.86. The van der Waals surface area contributed by atoms with Crippen molar-refractivity contribution in [1.29, 1.82) is 0 Å². The molecule has 31 heavy (non-hydrogen) atoms. The van der Waals surface area contributed by atoms with E-state index in [1.165, 1.54) is 4.88 Å². The van der Waals surface area contributed by atoms with E-state index in [0.717, 1.165) is 23.1 Å². The van der Waals surface area contributed by atoms with E-state index in [-0.39, 0.29) is 17.7 Å². The summed E-state index contributed by atoms with van der Waals surface area (Å²) in [7, 11) is 0. The van der Waals surface area contributed by atoms with Gasteiger partial charge in [0.25, 0.3) is 0 Å². The van der Waals surface area contributed by atoms with Crippen LogP contribution in [-0.2, 0) is 16.0 Å². The Hall–Kier alpha value is -2.92. The van der Waals surface area contributed by atoms with Gasteiger partial charge in [-0.25, -0.2) is 0 Å². The molecule has 2 aromatic carbocycles. The van der Waals surface area contributed by atoms with Crippen LogP contribution in [0.3, 0.4) is 0 Å². The van der Waals surface area contributed by atoms with Gasteiger partial charge in [0.2, 0.25) is 11.8 Å². The third-order valence-corrected chi connectivity index (χ3v) is 7.32. The van der Waals surface area contributed by atoms with Gasteiger partial charge in [-0.3, -0.25) is 9.59 Å². The molecule has 5 heteroatoms. The van der Waals surface area contributed by atoms with Crippen molar-refractivity contribution in [3.05, 3.63) is 83.2 Å². The largest absolute Gasteiger partial charge is 0.369 e. The summed E-state index contributed by atoms with van der Waals surface area (Å²) in [5, 5.41) is 2.06. The Morgan fingerprint density at radius 2 is 1.81 bits per heavy atom. The van der Waals surface area contributed by atoms with Crippen LogP contribution in [0.5, 0.6) is 0 Å². The summed E-state index contributed by atoms with van der Waals surface area (Å²) in [6.45, 7) is 2.97. The van der Waals surface area contributed by atoms with Gasteiger partial charge in [-0.1, -0.05) is 60.7 Å². The number of rotatable bonds is 6. The molecule has 2 N–H and O–H groups in total. The maximum absolute atomic E-state index is 13.3. The minimum Gasteiger partial charge on any atom is -0.369 e. The standard InChI is InChI=1S/C26H28N2O2S/c1-19(20-9-3-2-4-10-20)24(29)28-15-8-14-26(18-28,25(27)30)17-21-11-5-6-12-22(21)23-13-7-16-31-23/h2-7,9-13,16,19H,8,14-15,17-18H2,1H3,(H2,27,30)/t19-,26+/m0/s1. The summed E-state index contributed by atoms with van der Waals surface area (Å²) in [5.74, 6) is -0.510. The van der Waals surface area contributed by atoms with Crippen molar-refractivity contribution in [2.45, 2.75) is 32.1 Å². The topological polar surface area (TPSA) is 63.4 Å². The molecular formula is C26H28N2O2S. The van der Waals surface area contributed by atoms with Crippen LogP contribution in [0.2, 0.25) is 0 Å². The SMILES string of the molecule is C[C@H](C(=O)N1CCC[C@](Cc2ccccc2-c2cccs2)(C(N)=O)C1)c1ccccc1. The first kappa shape index (κ1) is 21.3. The molecule has 0 aliphatic carbocycles. The van der Waals surface area contributed by atoms with Gasteiger partial charge >= 0.3 is 0 Å². The van der Waals surface area contributed by atoms with Crippen LogP contribution in [0.1, 0.15) is 36.8 Å². The van der Waals surface area contributed by atoms with Crippen LogP contribution in [0, 0.1) is 5.41 Å². The Labute approximate surface area is 187 Å². The molecule has 1 aromatic heterocycles. The zero-order valence-electron chi connectivity index (χ0n) is 17.8. The molecule has 0 bridgehead atoms. The lowest BCUT2D eigenvalue weighted by molar-refractivity contribution is -0.140. The van der Waals surface area contributed by atoms with E-state index in [4.69, 9.17) is 5.73 Å². The van der Waals surface area contributed by atoms with Gasteiger partial charge in [0.15, 0.2) is 0 Å². The second-order valence-electron chi connectivity index (χ2n) is 8.45. The molecule has 2 amide bonds. The van der Waals surface area contributed by atoms with Gasteiger partial charge in [-0.15, -0.1) is 11.3 Å². The molecule has 2 heterocycles. The highest BCUT2D eigenvalue weighted by Gasteiger charge is 2.43. The Morgan fingerprint density at radius 1 is 1.06 bits per heavy atom. The molecule has 1 aliphatic rings. The third kappa shape index (κ3) is 4.42. The zero-order valence-corrected chi connectivity index (χ0v) is 18.6. The average molecular weight is 433 g/mol. The number of hydrogen-bond donors (Lipinski definition) is 1. The number of thiophene rings is 1. The van der Waals surface area contributed by atoms with E-state index >= 15 is 0 Å². The number of benzene rings is 2. The molecule has 1 saturated heterocycles. The zero-order chi connectivity index (χ0) is 21.8. The second kappa shape index (κ2) is 9.06. The van der Waals surface area contributed by atoms with Crippen LogP contribution in [-0.4, -0.2) is 29.8 Å². The lowest BCUT2D eigenvalue weighted by Crippen LogP contribution is -2.54. The van der Waals surface area contributed by atoms with Crippen LogP contribution in [0.25, 0.3) is 10.4 Å². The molecule has 4 nitrogen and oxygen atoms in total. The van der Waals surface area contributed by atoms with Crippen molar-refractivity contribution >= 4 is 23.2 Å². The number of primary amides is 1. The normalized spacial score (nSPS) is 19.7. The van der Waals surface area contributed by atoms with Crippen LogP contribution in [0.4, 0.5) is 0 Å². The quantitative estimate of drug-likeness (QED) is 0.605. The smallest absolute Gasteiger partial charge is 0.229 e. The van der Waals surface area contributed by atoms with Gasteiger partial charge in [0, 0.05) is 18.0 Å². The highest BCUT2D eigenvalue weighted by Crippen LogP contribution is 2.38. The average Bonchev–Trinajstić information content (AvgIpc) is 3.34. The first-order valence-electron chi connectivity index (χ1n) is 10.8. The van der Waals surface area contributed by atoms with E-state index in [1.54, 1.807) is 11.3 Å². The molecule has 2 atom stereocenters.